The Balaban J connectivity index is 0.00000288. The lowest BCUT2D eigenvalue weighted by atomic mass is 10.1. The fourth-order valence-electron chi connectivity index (χ4n) is 2.16. The summed E-state index contributed by atoms with van der Waals surface area (Å²) in [7, 11) is 1.91. The highest BCUT2D eigenvalue weighted by molar-refractivity contribution is 14.0. The summed E-state index contributed by atoms with van der Waals surface area (Å²) in [5.41, 5.74) is 0.237. The average Bonchev–Trinajstić information content (AvgIpc) is 3.17. The Kier molecular flexibility index (Phi) is 8.71. The quantitative estimate of drug-likeness (QED) is 0.334. The molecule has 2 heterocycles. The van der Waals surface area contributed by atoms with E-state index in [2.05, 4.69) is 20.7 Å². The van der Waals surface area contributed by atoms with E-state index in [4.69, 9.17) is 0 Å². The summed E-state index contributed by atoms with van der Waals surface area (Å²) < 4.78 is 1.80. The SMILES string of the molecule is CCNC(=NCC(C)(O)c1cccs1)NCCc1cnn(C)c1.I. The minimum atomic E-state index is -0.945. The van der Waals surface area contributed by atoms with Gasteiger partial charge in [0.15, 0.2) is 5.96 Å². The highest BCUT2D eigenvalue weighted by Gasteiger charge is 2.23. The third-order valence-electron chi connectivity index (χ3n) is 3.41. The zero-order valence-corrected chi connectivity index (χ0v) is 17.5. The smallest absolute Gasteiger partial charge is 0.191 e. The van der Waals surface area contributed by atoms with Crippen LogP contribution in [0.1, 0.15) is 24.3 Å². The van der Waals surface area contributed by atoms with Gasteiger partial charge in [0.25, 0.3) is 0 Å². The second-order valence-corrected chi connectivity index (χ2v) is 6.59. The van der Waals surface area contributed by atoms with Crippen LogP contribution in [0, 0.1) is 0 Å². The van der Waals surface area contributed by atoms with E-state index in [1.54, 1.807) is 22.9 Å². The minimum absolute atomic E-state index is 0. The van der Waals surface area contributed by atoms with Gasteiger partial charge in [-0.05, 0) is 37.3 Å². The van der Waals surface area contributed by atoms with E-state index in [9.17, 15) is 5.11 Å². The van der Waals surface area contributed by atoms with Gasteiger partial charge in [0.2, 0.25) is 0 Å². The number of aromatic nitrogens is 2. The van der Waals surface area contributed by atoms with E-state index >= 15 is 0 Å². The molecule has 6 nitrogen and oxygen atoms in total. The number of hydrogen-bond acceptors (Lipinski definition) is 4. The van der Waals surface area contributed by atoms with Crippen molar-refractivity contribution in [3.05, 3.63) is 40.3 Å². The lowest BCUT2D eigenvalue weighted by Crippen LogP contribution is -2.39. The maximum atomic E-state index is 10.5. The van der Waals surface area contributed by atoms with Gasteiger partial charge in [-0.25, -0.2) is 4.99 Å². The number of nitrogens with one attached hydrogen (secondary N) is 2. The van der Waals surface area contributed by atoms with Crippen LogP contribution < -0.4 is 10.6 Å². The lowest BCUT2D eigenvalue weighted by molar-refractivity contribution is 0.0711. The third-order valence-corrected chi connectivity index (χ3v) is 4.53. The van der Waals surface area contributed by atoms with Gasteiger partial charge in [0, 0.05) is 31.2 Å². The topological polar surface area (TPSA) is 74.5 Å². The molecule has 1 atom stereocenters. The van der Waals surface area contributed by atoms with Crippen LogP contribution in [0.4, 0.5) is 0 Å². The van der Waals surface area contributed by atoms with Crippen molar-refractivity contribution >= 4 is 41.3 Å². The van der Waals surface area contributed by atoms with Crippen molar-refractivity contribution in [2.75, 3.05) is 19.6 Å². The third kappa shape index (κ3) is 6.40. The second kappa shape index (κ2) is 10.00. The average molecular weight is 463 g/mol. The van der Waals surface area contributed by atoms with Crippen molar-refractivity contribution < 1.29 is 5.11 Å². The first kappa shape index (κ1) is 20.9. The van der Waals surface area contributed by atoms with Crippen molar-refractivity contribution in [2.24, 2.45) is 12.0 Å². The van der Waals surface area contributed by atoms with Crippen LogP contribution in [0.15, 0.2) is 34.9 Å². The van der Waals surface area contributed by atoms with Crippen molar-refractivity contribution in [3.63, 3.8) is 0 Å². The highest BCUT2D eigenvalue weighted by Crippen LogP contribution is 2.25. The first-order valence-corrected chi connectivity index (χ1v) is 8.65. The van der Waals surface area contributed by atoms with Gasteiger partial charge in [-0.1, -0.05) is 6.07 Å². The number of hydrogen-bond donors (Lipinski definition) is 3. The van der Waals surface area contributed by atoms with E-state index in [1.807, 2.05) is 43.9 Å². The molecule has 0 aliphatic carbocycles. The minimum Gasteiger partial charge on any atom is -0.383 e. The number of halogens is 1. The van der Waals surface area contributed by atoms with Crippen molar-refractivity contribution in [1.29, 1.82) is 0 Å². The number of rotatable bonds is 7. The van der Waals surface area contributed by atoms with E-state index in [-0.39, 0.29) is 24.0 Å². The summed E-state index contributed by atoms with van der Waals surface area (Å²) in [5.74, 6) is 0.716. The molecule has 2 rings (SSSR count). The molecule has 2 aromatic heterocycles. The Hall–Kier alpha value is -1.13. The Morgan fingerprint density at radius 3 is 2.83 bits per heavy atom. The van der Waals surface area contributed by atoms with E-state index in [0.717, 1.165) is 24.4 Å². The van der Waals surface area contributed by atoms with Gasteiger partial charge in [-0.15, -0.1) is 35.3 Å². The molecule has 24 heavy (non-hydrogen) atoms. The van der Waals surface area contributed by atoms with Crippen molar-refractivity contribution in [2.45, 2.75) is 25.9 Å². The van der Waals surface area contributed by atoms with Crippen LogP contribution in [-0.2, 0) is 19.1 Å². The molecule has 0 saturated carbocycles. The summed E-state index contributed by atoms with van der Waals surface area (Å²) in [6.45, 7) is 5.67. The van der Waals surface area contributed by atoms with E-state index in [1.165, 1.54) is 5.56 Å². The Bertz CT molecular complexity index is 624. The molecule has 134 valence electrons. The molecule has 0 bridgehead atoms. The molecular formula is C16H26IN5OS. The Morgan fingerprint density at radius 2 is 2.25 bits per heavy atom. The van der Waals surface area contributed by atoms with Gasteiger partial charge >= 0.3 is 0 Å². The predicted molar refractivity (Wildman–Crippen MR) is 110 cm³/mol. The van der Waals surface area contributed by atoms with Crippen LogP contribution >= 0.6 is 35.3 Å². The normalized spacial score (nSPS) is 13.9. The molecule has 8 heteroatoms. The summed E-state index contributed by atoms with van der Waals surface area (Å²) in [4.78, 5) is 5.43. The van der Waals surface area contributed by atoms with Crippen molar-refractivity contribution in [1.82, 2.24) is 20.4 Å². The zero-order valence-electron chi connectivity index (χ0n) is 14.3. The Labute approximate surface area is 164 Å². The van der Waals surface area contributed by atoms with Gasteiger partial charge in [-0.2, -0.15) is 5.10 Å². The maximum Gasteiger partial charge on any atom is 0.191 e. The fourth-order valence-corrected chi connectivity index (χ4v) is 2.94. The number of aliphatic hydroxyl groups is 1. The molecule has 0 radical (unpaired) electrons. The van der Waals surface area contributed by atoms with Gasteiger partial charge in [0.1, 0.15) is 5.60 Å². The van der Waals surface area contributed by atoms with Crippen LogP contribution in [0.2, 0.25) is 0 Å². The number of aliphatic imine (C=N–C) groups is 1. The molecule has 0 aliphatic rings. The number of nitrogens with zero attached hydrogens (tertiary/aromatic N) is 3. The molecule has 0 fully saturated rings. The molecule has 0 saturated heterocycles. The van der Waals surface area contributed by atoms with Crippen LogP contribution in [0.5, 0.6) is 0 Å². The van der Waals surface area contributed by atoms with E-state index in [0.29, 0.717) is 12.5 Å². The summed E-state index contributed by atoms with van der Waals surface area (Å²) in [6.07, 6.45) is 4.75. The van der Waals surface area contributed by atoms with Gasteiger partial charge in [-0.3, -0.25) is 4.68 Å². The molecule has 2 aromatic rings. The monoisotopic (exact) mass is 463 g/mol. The number of aryl methyl sites for hydroxylation is 1. The van der Waals surface area contributed by atoms with Crippen molar-refractivity contribution in [3.8, 4) is 0 Å². The van der Waals surface area contributed by atoms with Gasteiger partial charge in [0.05, 0.1) is 12.7 Å². The number of guanidine groups is 1. The molecule has 0 aromatic carbocycles. The highest BCUT2D eigenvalue weighted by atomic mass is 127. The van der Waals surface area contributed by atoms with Crippen LogP contribution in [-0.4, -0.2) is 40.5 Å². The molecule has 1 unspecified atom stereocenters. The van der Waals surface area contributed by atoms with Gasteiger partial charge < -0.3 is 15.7 Å². The fraction of sp³-hybridized carbons (Fsp3) is 0.500. The standard InChI is InChI=1S/C16H25N5OS.HI/c1-4-17-15(18-8-7-13-10-20-21(3)11-13)19-12-16(2,22)14-6-5-9-23-14;/h5-6,9-11,22H,4,7-8,12H2,1-3H3,(H2,17,18,19);1H. The second-order valence-electron chi connectivity index (χ2n) is 5.65. The Morgan fingerprint density at radius 1 is 1.46 bits per heavy atom. The van der Waals surface area contributed by atoms with Crippen LogP contribution in [0.25, 0.3) is 0 Å². The summed E-state index contributed by atoms with van der Waals surface area (Å²) >= 11 is 1.54. The molecule has 3 N–H and O–H groups in total. The predicted octanol–water partition coefficient (Wildman–Crippen LogP) is 2.10. The maximum absolute atomic E-state index is 10.5. The molecule has 0 spiro atoms. The largest absolute Gasteiger partial charge is 0.383 e. The molecule has 0 amide bonds. The van der Waals surface area contributed by atoms with E-state index < -0.39 is 5.60 Å². The lowest BCUT2D eigenvalue weighted by Gasteiger charge is -2.20. The summed E-state index contributed by atoms with van der Waals surface area (Å²) in [6, 6.07) is 3.87. The van der Waals surface area contributed by atoms with Crippen LogP contribution in [0.3, 0.4) is 0 Å². The zero-order chi connectivity index (χ0) is 16.7. The first-order valence-electron chi connectivity index (χ1n) is 7.77. The number of thiophene rings is 1. The molecular weight excluding hydrogens is 437 g/mol. The molecule has 0 aliphatic heterocycles. The summed E-state index contributed by atoms with van der Waals surface area (Å²) in [5, 5.41) is 23.1. The first-order chi connectivity index (χ1) is 11.0.